The van der Waals surface area contributed by atoms with E-state index < -0.39 is 0 Å². The molecule has 4 heterocycles. The molecule has 2 aliphatic rings. The van der Waals surface area contributed by atoms with E-state index in [9.17, 15) is 4.79 Å². The minimum absolute atomic E-state index is 0.0421. The Kier molecular flexibility index (Phi) is 5.10. The molecular weight excluding hydrogens is 384 g/mol. The molecule has 1 saturated heterocycles. The highest BCUT2D eigenvalue weighted by Crippen LogP contribution is 2.36. The molecule has 0 amide bonds. The molecular formula is C21H24N6OS. The highest BCUT2D eigenvalue weighted by molar-refractivity contribution is 7.09. The predicted molar refractivity (Wildman–Crippen MR) is 113 cm³/mol. The van der Waals surface area contributed by atoms with Crippen LogP contribution in [0.2, 0.25) is 0 Å². The molecule has 0 bridgehead atoms. The van der Waals surface area contributed by atoms with Gasteiger partial charge in [-0.1, -0.05) is 6.42 Å². The van der Waals surface area contributed by atoms with Crippen molar-refractivity contribution in [1.82, 2.24) is 24.1 Å². The maximum atomic E-state index is 12.3. The average molecular weight is 409 g/mol. The quantitative estimate of drug-likeness (QED) is 0.644. The van der Waals surface area contributed by atoms with E-state index in [1.807, 2.05) is 12.1 Å². The van der Waals surface area contributed by atoms with Gasteiger partial charge in [-0.3, -0.25) is 9.78 Å². The number of anilines is 1. The number of pyridine rings is 1. The van der Waals surface area contributed by atoms with Gasteiger partial charge in [-0.05, 0) is 49.8 Å². The van der Waals surface area contributed by atoms with Gasteiger partial charge in [0, 0.05) is 61.1 Å². The fourth-order valence-corrected chi connectivity index (χ4v) is 4.79. The topological polar surface area (TPSA) is 76.8 Å². The molecule has 8 heteroatoms. The maximum Gasteiger partial charge on any atom is 0.266 e. The highest BCUT2D eigenvalue weighted by atomic mass is 32.1. The molecule has 0 atom stereocenters. The Bertz CT molecular complexity index is 1020. The van der Waals surface area contributed by atoms with E-state index >= 15 is 0 Å². The Hall–Kier alpha value is -2.61. The van der Waals surface area contributed by atoms with Crippen molar-refractivity contribution in [2.45, 2.75) is 44.6 Å². The van der Waals surface area contributed by atoms with Crippen LogP contribution in [0.1, 0.15) is 43.8 Å². The summed E-state index contributed by atoms with van der Waals surface area (Å²) in [7, 11) is 0. The number of aromatic nitrogens is 5. The summed E-state index contributed by atoms with van der Waals surface area (Å²) in [6.45, 7) is 2.58. The van der Waals surface area contributed by atoms with Crippen LogP contribution in [0.3, 0.4) is 0 Å². The molecule has 1 saturated carbocycles. The van der Waals surface area contributed by atoms with Crippen LogP contribution < -0.4 is 10.5 Å². The standard InChI is InChI=1S/C21H24N6OS/c28-19-5-4-18(16-6-10-22-11-7-16)24-27(19)14-15-8-12-26(13-9-15)21-23-20(25-29-21)17-2-1-3-17/h4-7,10-11,15,17H,1-3,8-9,12-14H2. The van der Waals surface area contributed by atoms with E-state index in [0.717, 1.165) is 48.1 Å². The monoisotopic (exact) mass is 408 g/mol. The second-order valence-corrected chi connectivity index (χ2v) is 8.70. The Labute approximate surface area is 173 Å². The second kappa shape index (κ2) is 8.02. The zero-order valence-corrected chi connectivity index (χ0v) is 17.1. The number of rotatable bonds is 5. The van der Waals surface area contributed by atoms with Crippen LogP contribution in [0, 0.1) is 5.92 Å². The lowest BCUT2D eigenvalue weighted by molar-refractivity contribution is 0.335. The first-order valence-corrected chi connectivity index (χ1v) is 11.1. The van der Waals surface area contributed by atoms with Crippen molar-refractivity contribution in [2.75, 3.05) is 18.0 Å². The Balaban J connectivity index is 1.23. The predicted octanol–water partition coefficient (Wildman–Crippen LogP) is 3.34. The zero-order valence-electron chi connectivity index (χ0n) is 16.3. The molecule has 3 aromatic rings. The van der Waals surface area contributed by atoms with Gasteiger partial charge in [-0.25, -0.2) is 9.67 Å². The van der Waals surface area contributed by atoms with Gasteiger partial charge in [-0.2, -0.15) is 9.47 Å². The van der Waals surface area contributed by atoms with Gasteiger partial charge in [0.2, 0.25) is 5.13 Å². The maximum absolute atomic E-state index is 12.3. The van der Waals surface area contributed by atoms with Crippen LogP contribution in [0.25, 0.3) is 11.3 Å². The Morgan fingerprint density at radius 2 is 1.83 bits per heavy atom. The van der Waals surface area contributed by atoms with E-state index in [-0.39, 0.29) is 5.56 Å². The Morgan fingerprint density at radius 1 is 1.03 bits per heavy atom. The van der Waals surface area contributed by atoms with Crippen molar-refractivity contribution in [3.8, 4) is 11.3 Å². The Morgan fingerprint density at radius 3 is 2.55 bits per heavy atom. The third kappa shape index (κ3) is 3.94. The molecule has 0 unspecified atom stereocenters. The molecule has 2 fully saturated rings. The van der Waals surface area contributed by atoms with Crippen molar-refractivity contribution in [1.29, 1.82) is 0 Å². The lowest BCUT2D eigenvalue weighted by atomic mass is 9.85. The van der Waals surface area contributed by atoms with Crippen molar-refractivity contribution in [3.05, 3.63) is 52.8 Å². The molecule has 0 spiro atoms. The van der Waals surface area contributed by atoms with Crippen LogP contribution in [0.5, 0.6) is 0 Å². The summed E-state index contributed by atoms with van der Waals surface area (Å²) in [5, 5.41) is 5.65. The first kappa shape index (κ1) is 18.4. The van der Waals surface area contributed by atoms with Crippen LogP contribution in [0.4, 0.5) is 5.13 Å². The fourth-order valence-electron chi connectivity index (χ4n) is 3.99. The average Bonchev–Trinajstić information content (AvgIpc) is 3.19. The minimum Gasteiger partial charge on any atom is -0.347 e. The van der Waals surface area contributed by atoms with Gasteiger partial charge in [0.05, 0.1) is 5.69 Å². The molecule has 1 aliphatic heterocycles. The van der Waals surface area contributed by atoms with Crippen molar-refractivity contribution in [3.63, 3.8) is 0 Å². The van der Waals surface area contributed by atoms with Crippen LogP contribution >= 0.6 is 11.5 Å². The molecule has 1 aliphatic carbocycles. The van der Waals surface area contributed by atoms with Crippen LogP contribution in [-0.4, -0.2) is 37.2 Å². The minimum atomic E-state index is -0.0421. The van der Waals surface area contributed by atoms with E-state index in [0.29, 0.717) is 18.4 Å². The first-order chi connectivity index (χ1) is 14.3. The summed E-state index contributed by atoms with van der Waals surface area (Å²) in [6, 6.07) is 7.22. The third-order valence-corrected chi connectivity index (χ3v) is 6.85. The summed E-state index contributed by atoms with van der Waals surface area (Å²) in [5.74, 6) is 2.08. The van der Waals surface area contributed by atoms with Gasteiger partial charge in [0.25, 0.3) is 5.56 Å². The summed E-state index contributed by atoms with van der Waals surface area (Å²) < 4.78 is 6.20. The normalized spacial score (nSPS) is 18.0. The highest BCUT2D eigenvalue weighted by Gasteiger charge is 2.27. The fraction of sp³-hybridized carbons (Fsp3) is 0.476. The summed E-state index contributed by atoms with van der Waals surface area (Å²) in [6.07, 6.45) is 9.33. The van der Waals surface area contributed by atoms with Crippen molar-refractivity contribution in [2.24, 2.45) is 5.92 Å². The number of nitrogens with zero attached hydrogens (tertiary/aromatic N) is 6. The van der Waals surface area contributed by atoms with Crippen LogP contribution in [-0.2, 0) is 6.54 Å². The SMILES string of the molecule is O=c1ccc(-c2ccncc2)nn1CC1CCN(c2nc(C3CCC3)ns2)CC1. The van der Waals surface area contributed by atoms with Gasteiger partial charge in [-0.15, -0.1) is 0 Å². The van der Waals surface area contributed by atoms with E-state index in [4.69, 9.17) is 4.98 Å². The summed E-state index contributed by atoms with van der Waals surface area (Å²) >= 11 is 1.53. The molecule has 0 radical (unpaired) electrons. The lowest BCUT2D eigenvalue weighted by Gasteiger charge is -2.31. The molecule has 29 heavy (non-hydrogen) atoms. The zero-order chi connectivity index (χ0) is 19.6. The third-order valence-electron chi connectivity index (χ3n) is 6.06. The van der Waals surface area contributed by atoms with Crippen molar-refractivity contribution < 1.29 is 0 Å². The number of piperidine rings is 1. The molecule has 3 aromatic heterocycles. The molecule has 0 N–H and O–H groups in total. The molecule has 5 rings (SSSR count). The molecule has 0 aromatic carbocycles. The number of hydrogen-bond donors (Lipinski definition) is 0. The van der Waals surface area contributed by atoms with Gasteiger partial charge < -0.3 is 4.90 Å². The van der Waals surface area contributed by atoms with E-state index in [1.165, 1.54) is 30.8 Å². The second-order valence-electron chi connectivity index (χ2n) is 7.97. The lowest BCUT2D eigenvalue weighted by Crippen LogP contribution is -2.36. The van der Waals surface area contributed by atoms with Crippen LogP contribution in [0.15, 0.2) is 41.5 Å². The van der Waals surface area contributed by atoms with Gasteiger partial charge in [0.15, 0.2) is 0 Å². The largest absolute Gasteiger partial charge is 0.347 e. The smallest absolute Gasteiger partial charge is 0.266 e. The van der Waals surface area contributed by atoms with Gasteiger partial charge >= 0.3 is 0 Å². The summed E-state index contributed by atoms with van der Waals surface area (Å²) in [5.41, 5.74) is 1.74. The van der Waals surface area contributed by atoms with Crippen molar-refractivity contribution >= 4 is 16.7 Å². The summed E-state index contributed by atoms with van der Waals surface area (Å²) in [4.78, 5) is 23.5. The molecule has 7 nitrogen and oxygen atoms in total. The van der Waals surface area contributed by atoms with Gasteiger partial charge in [0.1, 0.15) is 5.82 Å². The molecule has 150 valence electrons. The number of hydrogen-bond acceptors (Lipinski definition) is 7. The van der Waals surface area contributed by atoms with E-state index in [1.54, 1.807) is 29.2 Å². The van der Waals surface area contributed by atoms with E-state index in [2.05, 4.69) is 19.4 Å². The first-order valence-electron chi connectivity index (χ1n) is 10.3.